The first-order valence-electron chi connectivity index (χ1n) is 6.89. The summed E-state index contributed by atoms with van der Waals surface area (Å²) in [7, 11) is 0. The van der Waals surface area contributed by atoms with Gasteiger partial charge in [-0.3, -0.25) is 4.79 Å². The Morgan fingerprint density at radius 2 is 1.91 bits per heavy atom. The number of aliphatic imine (C=N–C) groups is 1. The summed E-state index contributed by atoms with van der Waals surface area (Å²) in [5, 5.41) is 0.814. The molecule has 1 heterocycles. The van der Waals surface area contributed by atoms with Crippen molar-refractivity contribution in [2.24, 2.45) is 16.5 Å². The number of fused-ring (bicyclic) bond motifs is 1. The van der Waals surface area contributed by atoms with E-state index in [4.69, 9.17) is 11.5 Å². The summed E-state index contributed by atoms with van der Waals surface area (Å²) in [5.41, 5.74) is 12.2. The summed E-state index contributed by atoms with van der Waals surface area (Å²) in [6, 6.07) is 11.8. The van der Waals surface area contributed by atoms with Crippen LogP contribution in [0, 0.1) is 12.7 Å². The molecule has 1 aromatic heterocycles. The second-order valence-corrected chi connectivity index (χ2v) is 6.32. The predicted octanol–water partition coefficient (Wildman–Crippen LogP) is 3.43. The maximum Gasteiger partial charge on any atom is 0.280 e. The van der Waals surface area contributed by atoms with Gasteiger partial charge in [0.1, 0.15) is 5.82 Å². The highest BCUT2D eigenvalue weighted by atomic mass is 32.1. The quantitative estimate of drug-likeness (QED) is 0.559. The van der Waals surface area contributed by atoms with Crippen LogP contribution >= 0.6 is 11.3 Å². The molecule has 2 aromatic carbocycles. The lowest BCUT2D eigenvalue weighted by Gasteiger charge is -2.04. The predicted molar refractivity (Wildman–Crippen MR) is 92.1 cm³/mol. The Balaban J connectivity index is 2.23. The van der Waals surface area contributed by atoms with Crippen molar-refractivity contribution in [3.8, 4) is 11.1 Å². The molecular formula is C17H14FN3OS. The third-order valence-corrected chi connectivity index (χ3v) is 4.57. The molecule has 4 N–H and O–H groups in total. The van der Waals surface area contributed by atoms with Gasteiger partial charge in [-0.2, -0.15) is 4.99 Å². The molecule has 0 aliphatic carbocycles. The molecule has 23 heavy (non-hydrogen) atoms. The number of nitrogens with two attached hydrogens (primary N) is 2. The first kappa shape index (κ1) is 15.2. The van der Waals surface area contributed by atoms with E-state index in [-0.39, 0.29) is 11.8 Å². The Labute approximate surface area is 136 Å². The van der Waals surface area contributed by atoms with E-state index in [1.54, 1.807) is 41.7 Å². The number of carbonyl (C=O) groups is 1. The second-order valence-electron chi connectivity index (χ2n) is 5.07. The van der Waals surface area contributed by atoms with Crippen molar-refractivity contribution in [1.29, 1.82) is 0 Å². The number of thiophene rings is 1. The molecule has 0 saturated heterocycles. The first-order valence-corrected chi connectivity index (χ1v) is 7.71. The molecule has 0 atom stereocenters. The summed E-state index contributed by atoms with van der Waals surface area (Å²) >= 11 is 1.55. The maximum atomic E-state index is 14.2. The second kappa shape index (κ2) is 5.81. The SMILES string of the molecule is Cc1sc2ccc(C(=O)N=C(N)N)cc2c1-c1ccccc1F. The third-order valence-electron chi connectivity index (χ3n) is 3.48. The number of aryl methyl sites for hydroxylation is 1. The van der Waals surface area contributed by atoms with Crippen LogP contribution in [0.2, 0.25) is 0 Å². The average molecular weight is 327 g/mol. The van der Waals surface area contributed by atoms with Gasteiger partial charge in [0.15, 0.2) is 5.96 Å². The molecule has 0 radical (unpaired) electrons. The number of benzene rings is 2. The number of nitrogens with zero attached hydrogens (tertiary/aromatic N) is 1. The maximum absolute atomic E-state index is 14.2. The van der Waals surface area contributed by atoms with Gasteiger partial charge in [0.25, 0.3) is 5.91 Å². The summed E-state index contributed by atoms with van der Waals surface area (Å²) in [6.07, 6.45) is 0. The molecule has 0 bridgehead atoms. The highest BCUT2D eigenvalue weighted by molar-refractivity contribution is 7.19. The number of halogens is 1. The van der Waals surface area contributed by atoms with E-state index in [1.807, 2.05) is 13.0 Å². The molecule has 116 valence electrons. The normalized spacial score (nSPS) is 10.7. The number of hydrogen-bond acceptors (Lipinski definition) is 2. The molecule has 4 nitrogen and oxygen atoms in total. The number of hydrogen-bond donors (Lipinski definition) is 2. The van der Waals surface area contributed by atoms with Crippen molar-refractivity contribution < 1.29 is 9.18 Å². The monoisotopic (exact) mass is 327 g/mol. The number of amides is 1. The van der Waals surface area contributed by atoms with Crippen molar-refractivity contribution in [1.82, 2.24) is 0 Å². The van der Waals surface area contributed by atoms with Crippen LogP contribution < -0.4 is 11.5 Å². The van der Waals surface area contributed by atoms with Crippen molar-refractivity contribution >= 4 is 33.3 Å². The van der Waals surface area contributed by atoms with Gasteiger partial charge in [0, 0.05) is 31.7 Å². The van der Waals surface area contributed by atoms with E-state index < -0.39 is 5.91 Å². The van der Waals surface area contributed by atoms with E-state index >= 15 is 0 Å². The average Bonchev–Trinajstić information content (AvgIpc) is 2.82. The highest BCUT2D eigenvalue weighted by Gasteiger charge is 2.16. The Hall–Kier alpha value is -2.73. The largest absolute Gasteiger partial charge is 0.370 e. The van der Waals surface area contributed by atoms with Crippen LogP contribution in [0.3, 0.4) is 0 Å². The lowest BCUT2D eigenvalue weighted by Crippen LogP contribution is -2.24. The fraction of sp³-hybridized carbons (Fsp3) is 0.0588. The van der Waals surface area contributed by atoms with Gasteiger partial charge in [0.05, 0.1) is 0 Å². The van der Waals surface area contributed by atoms with E-state index in [2.05, 4.69) is 4.99 Å². The molecule has 0 unspecified atom stereocenters. The fourth-order valence-corrected chi connectivity index (χ4v) is 3.59. The summed E-state index contributed by atoms with van der Waals surface area (Å²) in [6.45, 7) is 1.93. The molecule has 6 heteroatoms. The smallest absolute Gasteiger partial charge is 0.280 e. The molecule has 0 aliphatic heterocycles. The van der Waals surface area contributed by atoms with Crippen LogP contribution in [0.15, 0.2) is 47.5 Å². The van der Waals surface area contributed by atoms with E-state index in [1.165, 1.54) is 6.07 Å². The van der Waals surface area contributed by atoms with Crippen LogP contribution in [-0.4, -0.2) is 11.9 Å². The Kier molecular flexibility index (Phi) is 3.83. The van der Waals surface area contributed by atoms with Crippen molar-refractivity contribution in [2.75, 3.05) is 0 Å². The third kappa shape index (κ3) is 2.80. The summed E-state index contributed by atoms with van der Waals surface area (Å²) < 4.78 is 15.1. The van der Waals surface area contributed by atoms with E-state index in [0.29, 0.717) is 11.1 Å². The van der Waals surface area contributed by atoms with Crippen LogP contribution in [0.25, 0.3) is 21.2 Å². The summed E-state index contributed by atoms with van der Waals surface area (Å²) in [4.78, 5) is 16.5. The Bertz CT molecular complexity index is 942. The van der Waals surface area contributed by atoms with E-state index in [9.17, 15) is 9.18 Å². The number of rotatable bonds is 2. The van der Waals surface area contributed by atoms with E-state index in [0.717, 1.165) is 20.5 Å². The summed E-state index contributed by atoms with van der Waals surface area (Å²) in [5.74, 6) is -1.10. The molecule has 3 aromatic rings. The zero-order chi connectivity index (χ0) is 16.6. The van der Waals surface area contributed by atoms with Crippen molar-refractivity contribution in [3.05, 3.63) is 58.7 Å². The zero-order valence-corrected chi connectivity index (χ0v) is 13.2. The number of carbonyl (C=O) groups excluding carboxylic acids is 1. The van der Waals surface area contributed by atoms with Crippen LogP contribution in [0.1, 0.15) is 15.2 Å². The van der Waals surface area contributed by atoms with Crippen LogP contribution in [0.4, 0.5) is 4.39 Å². The molecule has 3 rings (SSSR count). The van der Waals surface area contributed by atoms with Crippen molar-refractivity contribution in [2.45, 2.75) is 6.92 Å². The van der Waals surface area contributed by atoms with Crippen molar-refractivity contribution in [3.63, 3.8) is 0 Å². The van der Waals surface area contributed by atoms with Gasteiger partial charge in [0.2, 0.25) is 0 Å². The minimum absolute atomic E-state index is 0.286. The zero-order valence-electron chi connectivity index (χ0n) is 12.3. The first-order chi connectivity index (χ1) is 11.0. The standard InChI is InChI=1S/C17H14FN3OS/c1-9-15(11-4-2-3-5-13(11)18)12-8-10(6-7-14(12)23-9)16(22)21-17(19)20/h2-8H,1H3,(H4,19,20,21,22). The Morgan fingerprint density at radius 1 is 1.17 bits per heavy atom. The fourth-order valence-electron chi connectivity index (χ4n) is 2.53. The van der Waals surface area contributed by atoms with Gasteiger partial charge in [-0.05, 0) is 31.2 Å². The van der Waals surface area contributed by atoms with Gasteiger partial charge in [-0.1, -0.05) is 18.2 Å². The minimum Gasteiger partial charge on any atom is -0.370 e. The molecule has 0 saturated carbocycles. The van der Waals surface area contributed by atoms with Gasteiger partial charge in [-0.25, -0.2) is 4.39 Å². The lowest BCUT2D eigenvalue weighted by atomic mass is 10.0. The highest BCUT2D eigenvalue weighted by Crippen LogP contribution is 2.39. The topological polar surface area (TPSA) is 81.5 Å². The molecule has 0 spiro atoms. The minimum atomic E-state index is -0.518. The molecular weight excluding hydrogens is 313 g/mol. The molecule has 1 amide bonds. The Morgan fingerprint density at radius 3 is 2.61 bits per heavy atom. The lowest BCUT2D eigenvalue weighted by molar-refractivity contribution is 0.100. The molecule has 0 aliphatic rings. The van der Waals surface area contributed by atoms with Gasteiger partial charge in [-0.15, -0.1) is 11.3 Å². The van der Waals surface area contributed by atoms with Gasteiger partial charge < -0.3 is 11.5 Å². The number of guanidine groups is 1. The van der Waals surface area contributed by atoms with Gasteiger partial charge >= 0.3 is 0 Å². The van der Waals surface area contributed by atoms with Crippen LogP contribution in [0.5, 0.6) is 0 Å². The molecule has 0 fully saturated rings. The van der Waals surface area contributed by atoms with Crippen LogP contribution in [-0.2, 0) is 0 Å².